The molecule has 17 heavy (non-hydrogen) atoms. The monoisotopic (exact) mass is 233 g/mol. The Hall–Kier alpha value is -1.25. The van der Waals surface area contributed by atoms with Crippen LogP contribution in [0.25, 0.3) is 0 Å². The van der Waals surface area contributed by atoms with Gasteiger partial charge in [0, 0.05) is 12.6 Å². The number of hydrogen-bond donors (Lipinski definition) is 2. The maximum atomic E-state index is 4.27. The van der Waals surface area contributed by atoms with Crippen molar-refractivity contribution in [2.75, 3.05) is 17.2 Å². The summed E-state index contributed by atoms with van der Waals surface area (Å²) in [6, 6.07) is 2.71. The summed E-state index contributed by atoms with van der Waals surface area (Å²) in [7, 11) is 0. The van der Waals surface area contributed by atoms with E-state index in [9.17, 15) is 0 Å². The molecule has 1 atom stereocenters. The molecule has 1 unspecified atom stereocenters. The fourth-order valence-corrected chi connectivity index (χ4v) is 2.21. The van der Waals surface area contributed by atoms with E-state index in [1.807, 2.05) is 12.4 Å². The number of nitrogens with one attached hydrogen (secondary N) is 2. The summed E-state index contributed by atoms with van der Waals surface area (Å²) < 4.78 is 0. The molecular formula is C14H23N3. The molecule has 1 aliphatic carbocycles. The molecule has 3 nitrogen and oxygen atoms in total. The zero-order valence-electron chi connectivity index (χ0n) is 10.9. The van der Waals surface area contributed by atoms with E-state index in [-0.39, 0.29) is 0 Å². The van der Waals surface area contributed by atoms with Gasteiger partial charge in [-0.3, -0.25) is 4.98 Å². The van der Waals surface area contributed by atoms with Crippen molar-refractivity contribution in [1.29, 1.82) is 0 Å². The van der Waals surface area contributed by atoms with Gasteiger partial charge in [-0.1, -0.05) is 13.3 Å². The Morgan fingerprint density at radius 3 is 2.76 bits per heavy atom. The predicted octanol–water partition coefficient (Wildman–Crippen LogP) is 3.50. The number of pyridine rings is 1. The molecule has 0 aliphatic heterocycles. The molecule has 1 aromatic rings. The summed E-state index contributed by atoms with van der Waals surface area (Å²) >= 11 is 0. The molecule has 0 amide bonds. The van der Waals surface area contributed by atoms with Gasteiger partial charge >= 0.3 is 0 Å². The lowest BCUT2D eigenvalue weighted by Gasteiger charge is -2.32. The highest BCUT2D eigenvalue weighted by Crippen LogP contribution is 2.31. The van der Waals surface area contributed by atoms with Gasteiger partial charge in [-0.2, -0.15) is 0 Å². The molecule has 1 fully saturated rings. The van der Waals surface area contributed by atoms with Crippen molar-refractivity contribution in [2.45, 2.75) is 45.6 Å². The Morgan fingerprint density at radius 2 is 2.12 bits per heavy atom. The first-order valence-corrected chi connectivity index (χ1v) is 6.75. The Kier molecular flexibility index (Phi) is 4.24. The lowest BCUT2D eigenvalue weighted by Crippen LogP contribution is -2.30. The zero-order valence-corrected chi connectivity index (χ0v) is 10.9. The van der Waals surface area contributed by atoms with Gasteiger partial charge in [0.1, 0.15) is 0 Å². The Morgan fingerprint density at radius 1 is 1.35 bits per heavy atom. The maximum Gasteiger partial charge on any atom is 0.0549 e. The van der Waals surface area contributed by atoms with Crippen LogP contribution in [-0.2, 0) is 0 Å². The molecule has 0 bridgehead atoms. The summed E-state index contributed by atoms with van der Waals surface area (Å²) in [5.74, 6) is 0.849. The van der Waals surface area contributed by atoms with E-state index in [0.29, 0.717) is 6.04 Å². The van der Waals surface area contributed by atoms with Gasteiger partial charge in [0.05, 0.1) is 23.8 Å². The molecule has 1 aromatic heterocycles. The standard InChI is InChI=1S/C14H23N3/c1-3-7-16-13-8-14(10-15-9-13)17-11(2)12-5-4-6-12/h8-12,16-17H,3-7H2,1-2H3. The van der Waals surface area contributed by atoms with E-state index in [0.717, 1.165) is 30.3 Å². The molecule has 3 heteroatoms. The number of hydrogen-bond acceptors (Lipinski definition) is 3. The van der Waals surface area contributed by atoms with Crippen LogP contribution in [0.3, 0.4) is 0 Å². The Labute approximate surface area is 104 Å². The third-order valence-corrected chi connectivity index (χ3v) is 3.57. The van der Waals surface area contributed by atoms with Crippen LogP contribution in [0.4, 0.5) is 11.4 Å². The van der Waals surface area contributed by atoms with E-state index in [2.05, 4.69) is 35.5 Å². The molecule has 0 aromatic carbocycles. The van der Waals surface area contributed by atoms with Gasteiger partial charge in [-0.25, -0.2) is 0 Å². The molecular weight excluding hydrogens is 210 g/mol. The van der Waals surface area contributed by atoms with Crippen LogP contribution in [0.2, 0.25) is 0 Å². The van der Waals surface area contributed by atoms with Crippen molar-refractivity contribution in [2.24, 2.45) is 5.92 Å². The normalized spacial score (nSPS) is 17.3. The van der Waals surface area contributed by atoms with E-state index < -0.39 is 0 Å². The van der Waals surface area contributed by atoms with Crippen LogP contribution >= 0.6 is 0 Å². The average Bonchev–Trinajstić information content (AvgIpc) is 2.24. The molecule has 0 spiro atoms. The highest BCUT2D eigenvalue weighted by molar-refractivity contribution is 5.54. The second-order valence-corrected chi connectivity index (χ2v) is 5.01. The molecule has 2 N–H and O–H groups in total. The minimum Gasteiger partial charge on any atom is -0.384 e. The molecule has 2 rings (SSSR count). The van der Waals surface area contributed by atoms with Crippen LogP contribution in [0.15, 0.2) is 18.5 Å². The fraction of sp³-hybridized carbons (Fsp3) is 0.643. The SMILES string of the molecule is CCCNc1cncc(NC(C)C2CCC2)c1. The van der Waals surface area contributed by atoms with Crippen molar-refractivity contribution in [3.8, 4) is 0 Å². The van der Waals surface area contributed by atoms with Crippen molar-refractivity contribution in [1.82, 2.24) is 4.98 Å². The minimum absolute atomic E-state index is 0.562. The van der Waals surface area contributed by atoms with Crippen molar-refractivity contribution in [3.05, 3.63) is 18.5 Å². The molecule has 1 heterocycles. The lowest BCUT2D eigenvalue weighted by atomic mass is 9.80. The van der Waals surface area contributed by atoms with Crippen molar-refractivity contribution >= 4 is 11.4 Å². The smallest absolute Gasteiger partial charge is 0.0549 e. The first kappa shape index (κ1) is 12.2. The van der Waals surface area contributed by atoms with Crippen LogP contribution in [0.5, 0.6) is 0 Å². The summed E-state index contributed by atoms with van der Waals surface area (Å²) in [5, 5.41) is 6.92. The highest BCUT2D eigenvalue weighted by atomic mass is 15.0. The molecule has 0 radical (unpaired) electrons. The van der Waals surface area contributed by atoms with E-state index >= 15 is 0 Å². The number of rotatable bonds is 6. The second kappa shape index (κ2) is 5.89. The zero-order chi connectivity index (χ0) is 12.1. The van der Waals surface area contributed by atoms with Gasteiger partial charge in [0.15, 0.2) is 0 Å². The third-order valence-electron chi connectivity index (χ3n) is 3.57. The molecule has 0 saturated heterocycles. The maximum absolute atomic E-state index is 4.27. The largest absolute Gasteiger partial charge is 0.384 e. The summed E-state index contributed by atoms with van der Waals surface area (Å²) in [6.45, 7) is 5.44. The van der Waals surface area contributed by atoms with Crippen LogP contribution < -0.4 is 10.6 Å². The second-order valence-electron chi connectivity index (χ2n) is 5.01. The van der Waals surface area contributed by atoms with Crippen LogP contribution in [0.1, 0.15) is 39.5 Å². The van der Waals surface area contributed by atoms with Gasteiger partial charge in [0.25, 0.3) is 0 Å². The highest BCUT2D eigenvalue weighted by Gasteiger charge is 2.23. The van der Waals surface area contributed by atoms with E-state index in [1.54, 1.807) is 0 Å². The van der Waals surface area contributed by atoms with Gasteiger partial charge in [-0.05, 0) is 38.2 Å². The predicted molar refractivity (Wildman–Crippen MR) is 73.4 cm³/mol. The van der Waals surface area contributed by atoms with Gasteiger partial charge in [-0.15, -0.1) is 0 Å². The first-order chi connectivity index (χ1) is 8.29. The summed E-state index contributed by atoms with van der Waals surface area (Å²) in [5.41, 5.74) is 2.24. The topological polar surface area (TPSA) is 37.0 Å². The van der Waals surface area contributed by atoms with Gasteiger partial charge in [0.2, 0.25) is 0 Å². The number of anilines is 2. The summed E-state index contributed by atoms with van der Waals surface area (Å²) in [4.78, 5) is 4.27. The Balaban J connectivity index is 1.90. The van der Waals surface area contributed by atoms with E-state index in [4.69, 9.17) is 0 Å². The fourth-order valence-electron chi connectivity index (χ4n) is 2.21. The first-order valence-electron chi connectivity index (χ1n) is 6.75. The average molecular weight is 233 g/mol. The number of aromatic nitrogens is 1. The van der Waals surface area contributed by atoms with Crippen molar-refractivity contribution < 1.29 is 0 Å². The van der Waals surface area contributed by atoms with Crippen LogP contribution in [0, 0.1) is 5.92 Å². The molecule has 1 saturated carbocycles. The third kappa shape index (κ3) is 3.35. The lowest BCUT2D eigenvalue weighted by molar-refractivity contribution is 0.285. The minimum atomic E-state index is 0.562. The number of nitrogens with zero attached hydrogens (tertiary/aromatic N) is 1. The summed E-state index contributed by atoms with van der Waals surface area (Å²) in [6.07, 6.45) is 9.06. The van der Waals surface area contributed by atoms with Gasteiger partial charge < -0.3 is 10.6 Å². The quantitative estimate of drug-likeness (QED) is 0.789. The molecule has 94 valence electrons. The van der Waals surface area contributed by atoms with Crippen LogP contribution in [-0.4, -0.2) is 17.6 Å². The van der Waals surface area contributed by atoms with E-state index in [1.165, 1.54) is 19.3 Å². The molecule has 1 aliphatic rings. The Bertz CT molecular complexity index is 347. The van der Waals surface area contributed by atoms with Crippen molar-refractivity contribution in [3.63, 3.8) is 0 Å².